The highest BCUT2D eigenvalue weighted by molar-refractivity contribution is 5.78. The first kappa shape index (κ1) is 23.5. The summed E-state index contributed by atoms with van der Waals surface area (Å²) in [6, 6.07) is 18.2. The SMILES string of the molecule is CCC(CC)C(=O)N(Cc1ccncc1)Cc1cccc(OCCc2ccc(F)cc2)c1. The zero-order valence-corrected chi connectivity index (χ0v) is 18.8. The minimum Gasteiger partial charge on any atom is -0.493 e. The number of halogens is 1. The molecule has 0 saturated carbocycles. The first-order chi connectivity index (χ1) is 15.6. The number of benzene rings is 2. The summed E-state index contributed by atoms with van der Waals surface area (Å²) in [5.41, 5.74) is 3.12. The largest absolute Gasteiger partial charge is 0.493 e. The molecule has 0 radical (unpaired) electrons. The minimum atomic E-state index is -0.235. The van der Waals surface area contributed by atoms with Crippen molar-refractivity contribution in [1.29, 1.82) is 0 Å². The molecule has 4 nitrogen and oxygen atoms in total. The van der Waals surface area contributed by atoms with E-state index in [1.165, 1.54) is 12.1 Å². The van der Waals surface area contributed by atoms with E-state index in [9.17, 15) is 9.18 Å². The van der Waals surface area contributed by atoms with Crippen molar-refractivity contribution in [2.75, 3.05) is 6.61 Å². The molecule has 3 rings (SSSR count). The predicted molar refractivity (Wildman–Crippen MR) is 125 cm³/mol. The van der Waals surface area contributed by atoms with E-state index in [1.54, 1.807) is 24.5 Å². The van der Waals surface area contributed by atoms with Gasteiger partial charge in [0.1, 0.15) is 11.6 Å². The van der Waals surface area contributed by atoms with E-state index in [1.807, 2.05) is 41.3 Å². The van der Waals surface area contributed by atoms with Gasteiger partial charge in [0, 0.05) is 37.8 Å². The number of rotatable bonds is 11. The van der Waals surface area contributed by atoms with Crippen molar-refractivity contribution in [3.63, 3.8) is 0 Å². The minimum absolute atomic E-state index is 0.0204. The Bertz CT molecular complexity index is 972. The molecule has 0 unspecified atom stereocenters. The number of carbonyl (C=O) groups is 1. The van der Waals surface area contributed by atoms with Gasteiger partial charge in [-0.05, 0) is 65.9 Å². The molecular formula is C27H31FN2O2. The molecule has 1 amide bonds. The average Bonchev–Trinajstić information content (AvgIpc) is 2.82. The maximum absolute atomic E-state index is 13.2. The van der Waals surface area contributed by atoms with Crippen LogP contribution in [0, 0.1) is 11.7 Å². The summed E-state index contributed by atoms with van der Waals surface area (Å²) in [6.07, 6.45) is 5.87. The summed E-state index contributed by atoms with van der Waals surface area (Å²) < 4.78 is 19.0. The van der Waals surface area contributed by atoms with Gasteiger partial charge in [-0.15, -0.1) is 0 Å². The number of hydrogen-bond acceptors (Lipinski definition) is 3. The highest BCUT2D eigenvalue weighted by atomic mass is 19.1. The zero-order valence-electron chi connectivity index (χ0n) is 18.8. The average molecular weight is 435 g/mol. The molecule has 168 valence electrons. The lowest BCUT2D eigenvalue weighted by molar-refractivity contribution is -0.137. The van der Waals surface area contributed by atoms with Crippen LogP contribution in [0.1, 0.15) is 43.4 Å². The van der Waals surface area contributed by atoms with Crippen LogP contribution in [0.4, 0.5) is 4.39 Å². The van der Waals surface area contributed by atoms with Crippen LogP contribution in [-0.4, -0.2) is 22.4 Å². The maximum atomic E-state index is 13.2. The second kappa shape index (κ2) is 12.0. The van der Waals surface area contributed by atoms with Gasteiger partial charge in [-0.3, -0.25) is 9.78 Å². The summed E-state index contributed by atoms with van der Waals surface area (Å²) in [7, 11) is 0. The fourth-order valence-corrected chi connectivity index (χ4v) is 3.71. The standard InChI is InChI=1S/C27H31FN2O2/c1-3-24(4-2)27(31)30(19-22-12-15-29-16-13-22)20-23-6-5-7-26(18-23)32-17-14-21-8-10-25(28)11-9-21/h5-13,15-16,18,24H,3-4,14,17,19-20H2,1-2H3. The number of aromatic nitrogens is 1. The molecule has 0 aliphatic carbocycles. The van der Waals surface area contributed by atoms with Crippen molar-refractivity contribution in [2.24, 2.45) is 5.92 Å². The van der Waals surface area contributed by atoms with Crippen LogP contribution in [0.2, 0.25) is 0 Å². The molecule has 0 fully saturated rings. The maximum Gasteiger partial charge on any atom is 0.226 e. The van der Waals surface area contributed by atoms with E-state index in [0.717, 1.165) is 35.3 Å². The fourth-order valence-electron chi connectivity index (χ4n) is 3.71. The molecule has 1 heterocycles. The number of pyridine rings is 1. The lowest BCUT2D eigenvalue weighted by Crippen LogP contribution is -2.35. The van der Waals surface area contributed by atoms with Gasteiger partial charge >= 0.3 is 0 Å². The first-order valence-corrected chi connectivity index (χ1v) is 11.2. The number of ether oxygens (including phenoxy) is 1. The Hall–Kier alpha value is -3.21. The molecule has 5 heteroatoms. The van der Waals surface area contributed by atoms with Crippen molar-refractivity contribution >= 4 is 5.91 Å². The van der Waals surface area contributed by atoms with E-state index in [-0.39, 0.29) is 17.6 Å². The van der Waals surface area contributed by atoms with Gasteiger partial charge in [-0.25, -0.2) is 4.39 Å². The number of nitrogens with zero attached hydrogens (tertiary/aromatic N) is 2. The molecule has 3 aromatic rings. The smallest absolute Gasteiger partial charge is 0.226 e. The Kier molecular flexibility index (Phi) is 8.79. The second-order valence-electron chi connectivity index (χ2n) is 7.94. The quantitative estimate of drug-likeness (QED) is 0.383. The van der Waals surface area contributed by atoms with Crippen LogP contribution >= 0.6 is 0 Å². The van der Waals surface area contributed by atoms with Gasteiger partial charge in [0.2, 0.25) is 5.91 Å². The van der Waals surface area contributed by atoms with Crippen molar-refractivity contribution in [2.45, 2.75) is 46.2 Å². The topological polar surface area (TPSA) is 42.4 Å². The van der Waals surface area contributed by atoms with Crippen molar-refractivity contribution in [1.82, 2.24) is 9.88 Å². The van der Waals surface area contributed by atoms with Crippen molar-refractivity contribution < 1.29 is 13.9 Å². The Morgan fingerprint density at radius 3 is 2.31 bits per heavy atom. The molecule has 0 aliphatic heterocycles. The van der Waals surface area contributed by atoms with E-state index in [0.29, 0.717) is 26.1 Å². The first-order valence-electron chi connectivity index (χ1n) is 11.2. The van der Waals surface area contributed by atoms with E-state index in [4.69, 9.17) is 4.74 Å². The van der Waals surface area contributed by atoms with Crippen LogP contribution in [-0.2, 0) is 24.3 Å². The molecule has 0 atom stereocenters. The van der Waals surface area contributed by atoms with Crippen molar-refractivity contribution in [3.8, 4) is 5.75 Å². The van der Waals surface area contributed by atoms with E-state index >= 15 is 0 Å². The molecule has 0 aliphatic rings. The van der Waals surface area contributed by atoms with Crippen LogP contribution in [0.3, 0.4) is 0 Å². The van der Waals surface area contributed by atoms with Crippen LogP contribution in [0.25, 0.3) is 0 Å². The van der Waals surface area contributed by atoms with E-state index in [2.05, 4.69) is 18.8 Å². The Labute approximate surface area is 190 Å². The molecule has 32 heavy (non-hydrogen) atoms. The third-order valence-corrected chi connectivity index (χ3v) is 5.61. The van der Waals surface area contributed by atoms with Crippen molar-refractivity contribution in [3.05, 3.63) is 95.6 Å². The number of hydrogen-bond donors (Lipinski definition) is 0. The zero-order chi connectivity index (χ0) is 22.8. The summed E-state index contributed by atoms with van der Waals surface area (Å²) in [6.45, 7) is 5.70. The molecule has 2 aromatic carbocycles. The summed E-state index contributed by atoms with van der Waals surface area (Å²) in [5, 5.41) is 0. The molecule has 0 N–H and O–H groups in total. The van der Waals surface area contributed by atoms with Crippen LogP contribution in [0.5, 0.6) is 5.75 Å². The Morgan fingerprint density at radius 1 is 0.938 bits per heavy atom. The Balaban J connectivity index is 1.67. The van der Waals surface area contributed by atoms with Crippen LogP contribution < -0.4 is 4.74 Å². The third kappa shape index (κ3) is 6.91. The van der Waals surface area contributed by atoms with Crippen LogP contribution in [0.15, 0.2) is 73.1 Å². The second-order valence-corrected chi connectivity index (χ2v) is 7.94. The monoisotopic (exact) mass is 434 g/mol. The molecular weight excluding hydrogens is 403 g/mol. The lowest BCUT2D eigenvalue weighted by Gasteiger charge is -2.27. The highest BCUT2D eigenvalue weighted by Crippen LogP contribution is 2.20. The summed E-state index contributed by atoms with van der Waals surface area (Å²) in [4.78, 5) is 19.2. The lowest BCUT2D eigenvalue weighted by atomic mass is 10.0. The third-order valence-electron chi connectivity index (χ3n) is 5.61. The van der Waals surface area contributed by atoms with Gasteiger partial charge in [0.25, 0.3) is 0 Å². The predicted octanol–water partition coefficient (Wildman–Crippen LogP) is 5.81. The molecule has 1 aromatic heterocycles. The molecule has 0 saturated heterocycles. The highest BCUT2D eigenvalue weighted by Gasteiger charge is 2.22. The van der Waals surface area contributed by atoms with Gasteiger partial charge in [-0.2, -0.15) is 0 Å². The van der Waals surface area contributed by atoms with Gasteiger partial charge in [0.15, 0.2) is 0 Å². The van der Waals surface area contributed by atoms with Gasteiger partial charge in [-0.1, -0.05) is 38.1 Å². The normalized spacial score (nSPS) is 10.9. The molecule has 0 bridgehead atoms. The fraction of sp³-hybridized carbons (Fsp3) is 0.333. The number of carbonyl (C=O) groups excluding carboxylic acids is 1. The summed E-state index contributed by atoms with van der Waals surface area (Å²) in [5.74, 6) is 0.728. The Morgan fingerprint density at radius 2 is 1.62 bits per heavy atom. The summed E-state index contributed by atoms with van der Waals surface area (Å²) >= 11 is 0. The number of amides is 1. The molecule has 0 spiro atoms. The van der Waals surface area contributed by atoms with Gasteiger partial charge in [0.05, 0.1) is 6.61 Å². The van der Waals surface area contributed by atoms with E-state index < -0.39 is 0 Å². The van der Waals surface area contributed by atoms with Gasteiger partial charge < -0.3 is 9.64 Å².